The highest BCUT2D eigenvalue weighted by molar-refractivity contribution is 4.85. The predicted molar refractivity (Wildman–Crippen MR) is 54.2 cm³/mol. The van der Waals surface area contributed by atoms with Gasteiger partial charge in [-0.2, -0.15) is 5.26 Å². The molecule has 13 heavy (non-hydrogen) atoms. The van der Waals surface area contributed by atoms with E-state index in [9.17, 15) is 0 Å². The van der Waals surface area contributed by atoms with Gasteiger partial charge in [0.05, 0.1) is 6.07 Å². The summed E-state index contributed by atoms with van der Waals surface area (Å²) < 4.78 is 0. The minimum Gasteiger partial charge on any atom is -0.306 e. The van der Waals surface area contributed by atoms with E-state index in [0.29, 0.717) is 0 Å². The Morgan fingerprint density at radius 1 is 1.62 bits per heavy atom. The fourth-order valence-corrected chi connectivity index (χ4v) is 2.18. The van der Waals surface area contributed by atoms with E-state index in [1.165, 1.54) is 25.9 Å². The van der Waals surface area contributed by atoms with Crippen LogP contribution in [-0.2, 0) is 0 Å². The molecule has 0 aromatic rings. The molecule has 0 aliphatic carbocycles. The van der Waals surface area contributed by atoms with Gasteiger partial charge in [-0.1, -0.05) is 6.92 Å². The zero-order valence-corrected chi connectivity index (χ0v) is 8.79. The first kappa shape index (κ1) is 10.5. The summed E-state index contributed by atoms with van der Waals surface area (Å²) in [6.07, 6.45) is 4.75. The monoisotopic (exact) mass is 180 g/mol. The molecule has 74 valence electrons. The molecule has 1 fully saturated rings. The second-order valence-corrected chi connectivity index (χ2v) is 4.24. The number of hydrogen-bond acceptors (Lipinski definition) is 2. The molecule has 1 saturated heterocycles. The molecule has 0 aromatic heterocycles. The number of nitrogens with zero attached hydrogens (tertiary/aromatic N) is 2. The van der Waals surface area contributed by atoms with Crippen LogP contribution in [0.15, 0.2) is 0 Å². The van der Waals surface area contributed by atoms with Crippen molar-refractivity contribution < 1.29 is 0 Å². The molecule has 0 radical (unpaired) electrons. The zero-order chi connectivity index (χ0) is 9.68. The molecule has 0 N–H and O–H groups in total. The van der Waals surface area contributed by atoms with Gasteiger partial charge in [-0.25, -0.2) is 0 Å². The lowest BCUT2D eigenvalue weighted by Gasteiger charge is -2.30. The molecule has 1 heterocycles. The van der Waals surface area contributed by atoms with Crippen LogP contribution in [-0.4, -0.2) is 25.0 Å². The molecule has 2 heteroatoms. The van der Waals surface area contributed by atoms with E-state index in [2.05, 4.69) is 24.9 Å². The Kier molecular flexibility index (Phi) is 4.24. The topological polar surface area (TPSA) is 27.0 Å². The summed E-state index contributed by atoms with van der Waals surface area (Å²) in [6.45, 7) is 4.54. The Morgan fingerprint density at radius 2 is 2.38 bits per heavy atom. The normalized spacial score (nSPS) is 26.7. The maximum Gasteiger partial charge on any atom is 0.0655 e. The van der Waals surface area contributed by atoms with Crippen LogP contribution >= 0.6 is 0 Å². The highest BCUT2D eigenvalue weighted by atomic mass is 15.1. The largest absolute Gasteiger partial charge is 0.306 e. The first-order valence-corrected chi connectivity index (χ1v) is 5.34. The molecular formula is C11H20N2. The number of rotatable bonds is 3. The summed E-state index contributed by atoms with van der Waals surface area (Å²) in [5.41, 5.74) is 0. The Balaban J connectivity index is 2.31. The molecule has 2 unspecified atom stereocenters. The van der Waals surface area contributed by atoms with Crippen molar-refractivity contribution in [3.05, 3.63) is 0 Å². The van der Waals surface area contributed by atoms with E-state index in [1.54, 1.807) is 0 Å². The van der Waals surface area contributed by atoms with Gasteiger partial charge in [-0.15, -0.1) is 0 Å². The zero-order valence-electron chi connectivity index (χ0n) is 8.79. The van der Waals surface area contributed by atoms with Crippen LogP contribution in [0.5, 0.6) is 0 Å². The number of piperidine rings is 1. The van der Waals surface area contributed by atoms with E-state index in [1.807, 2.05) is 0 Å². The average molecular weight is 180 g/mol. The third kappa shape index (κ3) is 3.36. The maximum atomic E-state index is 8.86. The van der Waals surface area contributed by atoms with E-state index in [4.69, 9.17) is 5.26 Å². The molecular weight excluding hydrogens is 160 g/mol. The van der Waals surface area contributed by atoms with Crippen molar-refractivity contribution >= 4 is 0 Å². The predicted octanol–water partition coefficient (Wildman–Crippen LogP) is 2.27. The fourth-order valence-electron chi connectivity index (χ4n) is 2.18. The number of hydrogen-bond donors (Lipinski definition) is 0. The first-order chi connectivity index (χ1) is 6.26. The van der Waals surface area contributed by atoms with E-state index in [-0.39, 0.29) is 5.92 Å². The average Bonchev–Trinajstić information content (AvgIpc) is 2.14. The third-order valence-corrected chi connectivity index (χ3v) is 3.02. The summed E-state index contributed by atoms with van der Waals surface area (Å²) in [4.78, 5) is 2.39. The lowest BCUT2D eigenvalue weighted by molar-refractivity contribution is 0.191. The molecule has 1 aliphatic heterocycles. The standard InChI is InChI=1S/C11H20N2/c1-3-10(8-12)7-11-5-4-6-13(2)9-11/h10-11H,3-7,9H2,1-2H3. The van der Waals surface area contributed by atoms with Gasteiger partial charge < -0.3 is 4.90 Å². The highest BCUT2D eigenvalue weighted by Gasteiger charge is 2.20. The van der Waals surface area contributed by atoms with Gasteiger partial charge in [0.15, 0.2) is 0 Å². The Labute approximate surface area is 81.5 Å². The van der Waals surface area contributed by atoms with Gasteiger partial charge in [0.2, 0.25) is 0 Å². The minimum absolute atomic E-state index is 0.288. The molecule has 0 aromatic carbocycles. The van der Waals surface area contributed by atoms with Crippen LogP contribution in [0.25, 0.3) is 0 Å². The smallest absolute Gasteiger partial charge is 0.0655 e. The first-order valence-electron chi connectivity index (χ1n) is 5.34. The van der Waals surface area contributed by atoms with Crippen molar-refractivity contribution in [3.8, 4) is 6.07 Å². The summed E-state index contributed by atoms with van der Waals surface area (Å²) >= 11 is 0. The van der Waals surface area contributed by atoms with E-state index < -0.39 is 0 Å². The van der Waals surface area contributed by atoms with Crippen molar-refractivity contribution in [2.45, 2.75) is 32.6 Å². The summed E-state index contributed by atoms with van der Waals surface area (Å²) in [5, 5.41) is 8.86. The molecule has 0 bridgehead atoms. The van der Waals surface area contributed by atoms with Crippen LogP contribution in [0, 0.1) is 23.2 Å². The van der Waals surface area contributed by atoms with Crippen LogP contribution in [0.3, 0.4) is 0 Å². The van der Waals surface area contributed by atoms with Crippen molar-refractivity contribution in [2.75, 3.05) is 20.1 Å². The number of likely N-dealkylation sites (tertiary alicyclic amines) is 1. The van der Waals surface area contributed by atoms with Crippen molar-refractivity contribution in [1.82, 2.24) is 4.90 Å². The van der Waals surface area contributed by atoms with Gasteiger partial charge in [-0.05, 0) is 45.2 Å². The molecule has 2 atom stereocenters. The van der Waals surface area contributed by atoms with Crippen molar-refractivity contribution in [3.63, 3.8) is 0 Å². The Morgan fingerprint density at radius 3 is 2.92 bits per heavy atom. The molecule has 1 aliphatic rings. The van der Waals surface area contributed by atoms with Crippen LogP contribution in [0.4, 0.5) is 0 Å². The summed E-state index contributed by atoms with van der Waals surface area (Å²) in [5.74, 6) is 1.06. The van der Waals surface area contributed by atoms with Crippen LogP contribution in [0.2, 0.25) is 0 Å². The minimum atomic E-state index is 0.288. The Hall–Kier alpha value is -0.550. The van der Waals surface area contributed by atoms with Crippen LogP contribution in [0.1, 0.15) is 32.6 Å². The summed E-state index contributed by atoms with van der Waals surface area (Å²) in [6, 6.07) is 2.40. The fraction of sp³-hybridized carbons (Fsp3) is 0.909. The Bertz CT molecular complexity index is 183. The lowest BCUT2D eigenvalue weighted by atomic mass is 9.88. The van der Waals surface area contributed by atoms with Crippen molar-refractivity contribution in [2.24, 2.45) is 11.8 Å². The SMILES string of the molecule is CCC(C#N)CC1CCCN(C)C1. The van der Waals surface area contributed by atoms with Crippen molar-refractivity contribution in [1.29, 1.82) is 5.26 Å². The second-order valence-electron chi connectivity index (χ2n) is 4.24. The summed E-state index contributed by atoms with van der Waals surface area (Å²) in [7, 11) is 2.18. The van der Waals surface area contributed by atoms with Gasteiger partial charge in [0.25, 0.3) is 0 Å². The highest BCUT2D eigenvalue weighted by Crippen LogP contribution is 2.23. The van der Waals surface area contributed by atoms with E-state index >= 15 is 0 Å². The van der Waals surface area contributed by atoms with Crippen LogP contribution < -0.4 is 0 Å². The van der Waals surface area contributed by atoms with Gasteiger partial charge in [0.1, 0.15) is 0 Å². The lowest BCUT2D eigenvalue weighted by Crippen LogP contribution is -2.32. The molecule has 0 spiro atoms. The third-order valence-electron chi connectivity index (χ3n) is 3.02. The molecule has 2 nitrogen and oxygen atoms in total. The molecule has 1 rings (SSSR count). The van der Waals surface area contributed by atoms with Gasteiger partial charge in [-0.3, -0.25) is 0 Å². The molecule has 0 saturated carbocycles. The van der Waals surface area contributed by atoms with E-state index in [0.717, 1.165) is 18.8 Å². The maximum absolute atomic E-state index is 8.86. The quantitative estimate of drug-likeness (QED) is 0.666. The van der Waals surface area contributed by atoms with Gasteiger partial charge >= 0.3 is 0 Å². The molecule has 0 amide bonds. The van der Waals surface area contributed by atoms with Gasteiger partial charge in [0, 0.05) is 12.5 Å². The second kappa shape index (κ2) is 5.24. The number of nitriles is 1.